The maximum atomic E-state index is 12.0. The summed E-state index contributed by atoms with van der Waals surface area (Å²) >= 11 is 0. The van der Waals surface area contributed by atoms with Crippen molar-refractivity contribution in [3.63, 3.8) is 0 Å². The van der Waals surface area contributed by atoms with Crippen molar-refractivity contribution < 1.29 is 19.5 Å². The minimum Gasteiger partial charge on any atom is -0.480 e. The fraction of sp³-hybridized carbons (Fsp3) is 0.750. The Morgan fingerprint density at radius 3 is 2.44 bits per heavy atom. The average molecular weight is 254 g/mol. The number of rotatable bonds is 5. The maximum absolute atomic E-state index is 12.0. The predicted molar refractivity (Wildman–Crippen MR) is 62.7 cm³/mol. The first kappa shape index (κ1) is 13.0. The Morgan fingerprint density at radius 1 is 1.39 bits per heavy atom. The largest absolute Gasteiger partial charge is 0.480 e. The molecule has 1 aliphatic carbocycles. The van der Waals surface area contributed by atoms with Gasteiger partial charge in [0, 0.05) is 6.04 Å². The molecule has 2 atom stereocenters. The summed E-state index contributed by atoms with van der Waals surface area (Å²) in [6.07, 6.45) is 1.82. The van der Waals surface area contributed by atoms with E-state index in [0.717, 1.165) is 12.8 Å². The lowest BCUT2D eigenvalue weighted by molar-refractivity contribution is -0.141. The molecule has 6 nitrogen and oxygen atoms in total. The molecule has 2 aliphatic rings. The van der Waals surface area contributed by atoms with E-state index >= 15 is 0 Å². The second-order valence-electron chi connectivity index (χ2n) is 5.32. The van der Waals surface area contributed by atoms with Gasteiger partial charge < -0.3 is 5.11 Å². The minimum absolute atomic E-state index is 0.0547. The van der Waals surface area contributed by atoms with Gasteiger partial charge in [-0.1, -0.05) is 13.8 Å². The van der Waals surface area contributed by atoms with Crippen LogP contribution >= 0.6 is 0 Å². The lowest BCUT2D eigenvalue weighted by Gasteiger charge is -2.21. The second-order valence-corrected chi connectivity index (χ2v) is 5.32. The highest BCUT2D eigenvalue weighted by molar-refractivity contribution is 6.06. The highest BCUT2D eigenvalue weighted by Crippen LogP contribution is 2.31. The van der Waals surface area contributed by atoms with Crippen LogP contribution in [0.2, 0.25) is 0 Å². The summed E-state index contributed by atoms with van der Waals surface area (Å²) < 4.78 is 0. The average Bonchev–Trinajstić information content (AvgIpc) is 3.03. The van der Waals surface area contributed by atoms with Crippen molar-refractivity contribution in [1.29, 1.82) is 0 Å². The zero-order chi connectivity index (χ0) is 13.4. The second kappa shape index (κ2) is 4.68. The molecule has 6 heteroatoms. The van der Waals surface area contributed by atoms with E-state index in [1.165, 1.54) is 4.90 Å². The van der Waals surface area contributed by atoms with E-state index in [9.17, 15) is 14.4 Å². The van der Waals surface area contributed by atoms with Crippen molar-refractivity contribution in [1.82, 2.24) is 10.2 Å². The molecule has 1 saturated heterocycles. The summed E-state index contributed by atoms with van der Waals surface area (Å²) in [4.78, 5) is 36.1. The summed E-state index contributed by atoms with van der Waals surface area (Å²) in [5.74, 6) is -1.59. The van der Waals surface area contributed by atoms with E-state index in [2.05, 4.69) is 5.32 Å². The van der Waals surface area contributed by atoms with Crippen LogP contribution in [0.3, 0.4) is 0 Å². The molecule has 0 bridgehead atoms. The molecule has 0 radical (unpaired) electrons. The predicted octanol–water partition coefficient (Wildman–Crippen LogP) is -0.0249. The molecular formula is C12H18N2O4. The SMILES string of the molecule is CC(C)C(NC1CC(=O)N(C2CC2)C1=O)C(=O)O. The van der Waals surface area contributed by atoms with Crippen LogP contribution in [0.5, 0.6) is 0 Å². The van der Waals surface area contributed by atoms with Gasteiger partial charge in [-0.2, -0.15) is 0 Å². The number of carboxylic acid groups (broad SMARTS) is 1. The number of amides is 2. The van der Waals surface area contributed by atoms with Crippen molar-refractivity contribution in [2.24, 2.45) is 5.92 Å². The van der Waals surface area contributed by atoms with Crippen molar-refractivity contribution in [2.45, 2.75) is 51.2 Å². The van der Waals surface area contributed by atoms with Crippen molar-refractivity contribution >= 4 is 17.8 Å². The molecule has 2 fully saturated rings. The number of aliphatic carboxylic acids is 1. The number of carbonyl (C=O) groups is 3. The van der Waals surface area contributed by atoms with Gasteiger partial charge in [0.05, 0.1) is 12.5 Å². The fourth-order valence-electron chi connectivity index (χ4n) is 2.26. The summed E-state index contributed by atoms with van der Waals surface area (Å²) in [6.45, 7) is 3.54. The fourth-order valence-corrected chi connectivity index (χ4v) is 2.26. The number of hydrogen-bond donors (Lipinski definition) is 2. The van der Waals surface area contributed by atoms with E-state index in [-0.39, 0.29) is 30.2 Å². The van der Waals surface area contributed by atoms with Crippen molar-refractivity contribution in [3.05, 3.63) is 0 Å². The molecule has 1 heterocycles. The lowest BCUT2D eigenvalue weighted by Crippen LogP contribution is -2.49. The Morgan fingerprint density at radius 2 is 2.00 bits per heavy atom. The molecule has 0 aromatic carbocycles. The van der Waals surface area contributed by atoms with Gasteiger partial charge in [-0.15, -0.1) is 0 Å². The van der Waals surface area contributed by atoms with Gasteiger partial charge in [0.1, 0.15) is 6.04 Å². The van der Waals surface area contributed by atoms with Crippen LogP contribution in [0.15, 0.2) is 0 Å². The Balaban J connectivity index is 2.04. The molecule has 2 rings (SSSR count). The summed E-state index contributed by atoms with van der Waals surface area (Å²) in [6, 6.07) is -1.42. The number of carbonyl (C=O) groups excluding carboxylic acids is 2. The topological polar surface area (TPSA) is 86.7 Å². The van der Waals surface area contributed by atoms with E-state index in [0.29, 0.717) is 0 Å². The van der Waals surface area contributed by atoms with E-state index in [4.69, 9.17) is 5.11 Å². The minimum atomic E-state index is -0.991. The van der Waals surface area contributed by atoms with Gasteiger partial charge >= 0.3 is 5.97 Å². The molecule has 1 aliphatic heterocycles. The number of nitrogens with one attached hydrogen (secondary N) is 1. The number of carboxylic acids is 1. The Bertz CT molecular complexity index is 390. The van der Waals surface area contributed by atoms with E-state index in [1.807, 2.05) is 0 Å². The van der Waals surface area contributed by atoms with Crippen LogP contribution in [0, 0.1) is 5.92 Å². The molecule has 2 unspecified atom stereocenters. The molecule has 2 amide bonds. The standard InChI is InChI=1S/C12H18N2O4/c1-6(2)10(12(17)18)13-8-5-9(15)14(11(8)16)7-3-4-7/h6-8,10,13H,3-5H2,1-2H3,(H,17,18). The lowest BCUT2D eigenvalue weighted by atomic mass is 10.0. The smallest absolute Gasteiger partial charge is 0.320 e. The number of hydrogen-bond acceptors (Lipinski definition) is 4. The normalized spacial score (nSPS) is 25.9. The van der Waals surface area contributed by atoms with Gasteiger partial charge in [0.15, 0.2) is 0 Å². The van der Waals surface area contributed by atoms with Crippen LogP contribution in [0.1, 0.15) is 33.1 Å². The first-order valence-electron chi connectivity index (χ1n) is 6.26. The third-order valence-electron chi connectivity index (χ3n) is 3.41. The molecule has 18 heavy (non-hydrogen) atoms. The number of likely N-dealkylation sites (tertiary alicyclic amines) is 1. The first-order valence-corrected chi connectivity index (χ1v) is 6.26. The van der Waals surface area contributed by atoms with Gasteiger partial charge in [-0.3, -0.25) is 24.6 Å². The van der Waals surface area contributed by atoms with E-state index < -0.39 is 18.1 Å². The van der Waals surface area contributed by atoms with Crippen LogP contribution < -0.4 is 5.32 Å². The number of imide groups is 1. The molecular weight excluding hydrogens is 236 g/mol. The van der Waals surface area contributed by atoms with Crippen LogP contribution in [-0.4, -0.2) is 45.9 Å². The molecule has 100 valence electrons. The highest BCUT2D eigenvalue weighted by Gasteiger charge is 2.47. The van der Waals surface area contributed by atoms with Gasteiger partial charge in [-0.25, -0.2) is 0 Å². The van der Waals surface area contributed by atoms with Crippen molar-refractivity contribution in [3.8, 4) is 0 Å². The van der Waals surface area contributed by atoms with Crippen molar-refractivity contribution in [2.75, 3.05) is 0 Å². The zero-order valence-corrected chi connectivity index (χ0v) is 10.5. The summed E-state index contributed by atoms with van der Waals surface area (Å²) in [5, 5.41) is 11.9. The zero-order valence-electron chi connectivity index (χ0n) is 10.5. The van der Waals surface area contributed by atoms with Gasteiger partial charge in [-0.05, 0) is 18.8 Å². The molecule has 0 aromatic rings. The van der Waals surface area contributed by atoms with Crippen LogP contribution in [0.25, 0.3) is 0 Å². The molecule has 1 saturated carbocycles. The maximum Gasteiger partial charge on any atom is 0.320 e. The Labute approximate surface area is 105 Å². The van der Waals surface area contributed by atoms with Crippen LogP contribution in [0.4, 0.5) is 0 Å². The quantitative estimate of drug-likeness (QED) is 0.673. The molecule has 2 N–H and O–H groups in total. The molecule has 0 spiro atoms. The summed E-state index contributed by atoms with van der Waals surface area (Å²) in [5.41, 5.74) is 0. The Hall–Kier alpha value is -1.43. The van der Waals surface area contributed by atoms with E-state index in [1.54, 1.807) is 13.8 Å². The van der Waals surface area contributed by atoms with Crippen LogP contribution in [-0.2, 0) is 14.4 Å². The number of nitrogens with zero attached hydrogens (tertiary/aromatic N) is 1. The van der Waals surface area contributed by atoms with Gasteiger partial charge in [0.25, 0.3) is 0 Å². The van der Waals surface area contributed by atoms with Gasteiger partial charge in [0.2, 0.25) is 11.8 Å². The monoisotopic (exact) mass is 254 g/mol. The third-order valence-corrected chi connectivity index (χ3v) is 3.41. The first-order chi connectivity index (χ1) is 8.41. The third kappa shape index (κ3) is 2.38. The Kier molecular flexibility index (Phi) is 3.38. The highest BCUT2D eigenvalue weighted by atomic mass is 16.4. The molecule has 0 aromatic heterocycles. The summed E-state index contributed by atoms with van der Waals surface area (Å²) in [7, 11) is 0.